The zero-order chi connectivity index (χ0) is 8.69. The third kappa shape index (κ3) is 6.02. The molecule has 0 aliphatic heterocycles. The van der Waals surface area contributed by atoms with Crippen LogP contribution in [0, 0.1) is 0 Å². The molecule has 0 aliphatic carbocycles. The van der Waals surface area contributed by atoms with E-state index in [4.69, 9.17) is 9.47 Å². The van der Waals surface area contributed by atoms with Crippen molar-refractivity contribution < 1.29 is 14.3 Å². The first-order chi connectivity index (χ1) is 5.18. The van der Waals surface area contributed by atoms with Gasteiger partial charge in [0.15, 0.2) is 0 Å². The summed E-state index contributed by atoms with van der Waals surface area (Å²) in [6, 6.07) is 0. The minimum absolute atomic E-state index is 0.292. The molecule has 1 unspecified atom stereocenters. The molecule has 0 aromatic rings. The van der Waals surface area contributed by atoms with E-state index in [2.05, 4.69) is 15.8 Å². The normalized spacial score (nSPS) is 9.27. The average molecular weight is 176 g/mol. The monoisotopic (exact) mass is 176 g/mol. The molecule has 4 heteroatoms. The molecule has 0 saturated heterocycles. The van der Waals surface area contributed by atoms with Crippen LogP contribution in [0.4, 0.5) is 0 Å². The highest BCUT2D eigenvalue weighted by Crippen LogP contribution is 1.91. The molecule has 0 bridgehead atoms. The first kappa shape index (κ1) is 10.6. The van der Waals surface area contributed by atoms with Gasteiger partial charge in [-0.05, 0) is 6.92 Å². The van der Waals surface area contributed by atoms with Crippen LogP contribution in [-0.2, 0) is 14.3 Å². The summed E-state index contributed by atoms with van der Waals surface area (Å²) in [7, 11) is 2.41. The van der Waals surface area contributed by atoms with E-state index in [-0.39, 0.29) is 5.97 Å². The zero-order valence-corrected chi connectivity index (χ0v) is 7.79. The van der Waals surface area contributed by atoms with Crippen molar-refractivity contribution in [2.45, 2.75) is 6.92 Å². The molecule has 1 atom stereocenters. The second-order valence-electron chi connectivity index (χ2n) is 1.99. The van der Waals surface area contributed by atoms with Gasteiger partial charge in [0.25, 0.3) is 0 Å². The molecule has 0 spiro atoms. The van der Waals surface area contributed by atoms with Crippen LogP contribution >= 0.6 is 9.24 Å². The second-order valence-corrected chi connectivity index (χ2v) is 2.32. The summed E-state index contributed by atoms with van der Waals surface area (Å²) in [4.78, 5) is 10.7. The standard InChI is InChI=1S/C7H13O3P/c1-6(2)7(8)10-4-3-9-5-11/h1,3-5,11H2,2H3. The Bertz CT molecular complexity index is 145. The SMILES string of the molecule is C=C(C)C(=O)OCCOCP. The van der Waals surface area contributed by atoms with Crippen molar-refractivity contribution in [3.05, 3.63) is 12.2 Å². The Balaban J connectivity index is 3.25. The maximum absolute atomic E-state index is 10.7. The number of rotatable bonds is 5. The number of esters is 1. The topological polar surface area (TPSA) is 35.5 Å². The van der Waals surface area contributed by atoms with Crippen molar-refractivity contribution in [2.75, 3.05) is 19.6 Å². The highest BCUT2D eigenvalue weighted by atomic mass is 31.0. The summed E-state index contributed by atoms with van der Waals surface area (Å²) in [6.45, 7) is 5.77. The molecule has 0 aromatic heterocycles. The number of hydrogen-bond donors (Lipinski definition) is 0. The summed E-state index contributed by atoms with van der Waals surface area (Å²) in [6.07, 6.45) is 0.560. The summed E-state index contributed by atoms with van der Waals surface area (Å²) in [5.74, 6) is -0.364. The Kier molecular flexibility index (Phi) is 6.09. The fourth-order valence-electron chi connectivity index (χ4n) is 0.400. The van der Waals surface area contributed by atoms with Crippen LogP contribution in [0.1, 0.15) is 6.92 Å². The Labute approximate surface area is 69.0 Å². The van der Waals surface area contributed by atoms with Gasteiger partial charge in [0.05, 0.1) is 13.0 Å². The van der Waals surface area contributed by atoms with Gasteiger partial charge in [-0.1, -0.05) is 6.58 Å². The molecule has 0 heterocycles. The number of hydrogen-bond acceptors (Lipinski definition) is 3. The molecule has 0 rings (SSSR count). The largest absolute Gasteiger partial charge is 0.460 e. The maximum Gasteiger partial charge on any atom is 0.333 e. The van der Waals surface area contributed by atoms with Gasteiger partial charge in [0.2, 0.25) is 0 Å². The van der Waals surface area contributed by atoms with E-state index in [1.54, 1.807) is 6.92 Å². The lowest BCUT2D eigenvalue weighted by Crippen LogP contribution is -2.10. The Hall–Kier alpha value is -0.400. The van der Waals surface area contributed by atoms with Crippen LogP contribution in [0.5, 0.6) is 0 Å². The molecule has 64 valence electrons. The van der Waals surface area contributed by atoms with Crippen LogP contribution in [0.2, 0.25) is 0 Å². The van der Waals surface area contributed by atoms with Gasteiger partial charge in [0.1, 0.15) is 6.61 Å². The summed E-state index contributed by atoms with van der Waals surface area (Å²) in [5.41, 5.74) is 0.413. The molecule has 0 fully saturated rings. The predicted octanol–water partition coefficient (Wildman–Crippen LogP) is 0.955. The van der Waals surface area contributed by atoms with Crippen molar-refractivity contribution in [1.29, 1.82) is 0 Å². The minimum atomic E-state index is -0.364. The lowest BCUT2D eigenvalue weighted by atomic mass is 10.4. The maximum atomic E-state index is 10.7. The van der Waals surface area contributed by atoms with Gasteiger partial charge in [-0.3, -0.25) is 0 Å². The summed E-state index contributed by atoms with van der Waals surface area (Å²) >= 11 is 0. The van der Waals surface area contributed by atoms with Crippen molar-refractivity contribution >= 4 is 15.2 Å². The van der Waals surface area contributed by atoms with Crippen LogP contribution in [0.3, 0.4) is 0 Å². The van der Waals surface area contributed by atoms with Gasteiger partial charge in [0, 0.05) is 5.57 Å². The molecule has 3 nitrogen and oxygen atoms in total. The van der Waals surface area contributed by atoms with Gasteiger partial charge < -0.3 is 9.47 Å². The third-order valence-corrected chi connectivity index (χ3v) is 1.16. The van der Waals surface area contributed by atoms with Crippen LogP contribution in [0.25, 0.3) is 0 Å². The number of carbonyl (C=O) groups is 1. The lowest BCUT2D eigenvalue weighted by Gasteiger charge is -2.03. The first-order valence-electron chi connectivity index (χ1n) is 3.29. The molecule has 0 saturated carbocycles. The first-order valence-corrected chi connectivity index (χ1v) is 4.10. The highest BCUT2D eigenvalue weighted by molar-refractivity contribution is 7.16. The van der Waals surface area contributed by atoms with E-state index in [9.17, 15) is 4.79 Å². The molecule has 0 N–H and O–H groups in total. The van der Waals surface area contributed by atoms with Crippen molar-refractivity contribution in [3.8, 4) is 0 Å². The van der Waals surface area contributed by atoms with E-state index in [1.807, 2.05) is 0 Å². The minimum Gasteiger partial charge on any atom is -0.460 e. The third-order valence-electron chi connectivity index (χ3n) is 0.927. The van der Waals surface area contributed by atoms with Crippen LogP contribution < -0.4 is 0 Å². The second kappa shape index (κ2) is 6.32. The highest BCUT2D eigenvalue weighted by Gasteiger charge is 2.00. The van der Waals surface area contributed by atoms with Gasteiger partial charge in [-0.25, -0.2) is 4.79 Å². The Morgan fingerprint density at radius 1 is 1.55 bits per heavy atom. The lowest BCUT2D eigenvalue weighted by molar-refractivity contribution is -0.140. The van der Waals surface area contributed by atoms with Crippen LogP contribution in [0.15, 0.2) is 12.2 Å². The van der Waals surface area contributed by atoms with E-state index < -0.39 is 0 Å². The van der Waals surface area contributed by atoms with Crippen molar-refractivity contribution in [1.82, 2.24) is 0 Å². The Morgan fingerprint density at radius 2 is 2.18 bits per heavy atom. The average Bonchev–Trinajstić information content (AvgIpc) is 1.97. The molecule has 11 heavy (non-hydrogen) atoms. The van der Waals surface area contributed by atoms with Crippen molar-refractivity contribution in [2.24, 2.45) is 0 Å². The molecular weight excluding hydrogens is 163 g/mol. The Morgan fingerprint density at radius 3 is 2.64 bits per heavy atom. The zero-order valence-electron chi connectivity index (χ0n) is 6.63. The molecule has 0 aliphatic rings. The summed E-state index contributed by atoms with van der Waals surface area (Å²) in [5, 5.41) is 0. The molecule has 0 aromatic carbocycles. The smallest absolute Gasteiger partial charge is 0.333 e. The molecular formula is C7H13O3P. The summed E-state index contributed by atoms with van der Waals surface area (Å²) < 4.78 is 9.65. The van der Waals surface area contributed by atoms with E-state index in [1.165, 1.54) is 0 Å². The van der Waals surface area contributed by atoms with E-state index in [0.29, 0.717) is 25.1 Å². The van der Waals surface area contributed by atoms with Gasteiger partial charge in [-0.2, -0.15) is 0 Å². The molecule has 0 amide bonds. The number of carbonyl (C=O) groups excluding carboxylic acids is 1. The molecule has 0 radical (unpaired) electrons. The van der Waals surface area contributed by atoms with E-state index in [0.717, 1.165) is 0 Å². The van der Waals surface area contributed by atoms with Gasteiger partial charge in [-0.15, -0.1) is 9.24 Å². The van der Waals surface area contributed by atoms with Gasteiger partial charge >= 0.3 is 5.97 Å². The number of ether oxygens (including phenoxy) is 2. The van der Waals surface area contributed by atoms with Crippen LogP contribution in [-0.4, -0.2) is 25.5 Å². The quantitative estimate of drug-likeness (QED) is 0.271. The fraction of sp³-hybridized carbons (Fsp3) is 0.571. The van der Waals surface area contributed by atoms with Crippen molar-refractivity contribution in [3.63, 3.8) is 0 Å². The van der Waals surface area contributed by atoms with E-state index >= 15 is 0 Å². The fourth-order valence-corrected chi connectivity index (χ4v) is 0.566. The predicted molar refractivity (Wildman–Crippen MR) is 46.3 cm³/mol.